The first-order chi connectivity index (χ1) is 18.8. The van der Waals surface area contributed by atoms with Crippen LogP contribution in [0.15, 0.2) is 57.3 Å². The predicted octanol–water partition coefficient (Wildman–Crippen LogP) is 8.56. The summed E-state index contributed by atoms with van der Waals surface area (Å²) in [7, 11) is 0. The van der Waals surface area contributed by atoms with Crippen LogP contribution in [0.4, 0.5) is 0 Å². The third-order valence-corrected chi connectivity index (χ3v) is 8.89. The van der Waals surface area contributed by atoms with Crippen molar-refractivity contribution in [2.45, 2.75) is 71.3 Å². The van der Waals surface area contributed by atoms with E-state index in [4.69, 9.17) is 32.7 Å². The van der Waals surface area contributed by atoms with Gasteiger partial charge in [-0.25, -0.2) is 0 Å². The van der Waals surface area contributed by atoms with E-state index in [1.54, 1.807) is 12.1 Å². The van der Waals surface area contributed by atoms with E-state index in [0.717, 1.165) is 72.3 Å². The Morgan fingerprint density at radius 3 is 2.15 bits per heavy atom. The first-order valence-electron chi connectivity index (χ1n) is 13.7. The average Bonchev–Trinajstić information content (AvgIpc) is 2.91. The molecule has 0 N–H and O–H groups in total. The van der Waals surface area contributed by atoms with Gasteiger partial charge < -0.3 is 14.4 Å². The fraction of sp³-hybridized carbons (Fsp3) is 0.419. The van der Waals surface area contributed by atoms with Crippen molar-refractivity contribution < 1.29 is 19.1 Å². The number of hydrogen-bond donors (Lipinski definition) is 0. The van der Waals surface area contributed by atoms with E-state index < -0.39 is 5.92 Å². The number of carbonyl (C=O) groups excluding carboxylic acids is 2. The van der Waals surface area contributed by atoms with Crippen molar-refractivity contribution >= 4 is 50.7 Å². The van der Waals surface area contributed by atoms with Gasteiger partial charge in [0.2, 0.25) is 0 Å². The molecule has 2 aromatic carbocycles. The van der Waals surface area contributed by atoms with Gasteiger partial charge in [0.15, 0.2) is 23.1 Å². The molecule has 8 heteroatoms. The number of nitrogens with zero attached hydrogens (tertiary/aromatic N) is 1. The van der Waals surface area contributed by atoms with Crippen molar-refractivity contribution in [3.8, 4) is 11.5 Å². The molecule has 1 aliphatic heterocycles. The Hall–Kier alpha value is -2.28. The Morgan fingerprint density at radius 2 is 1.56 bits per heavy atom. The van der Waals surface area contributed by atoms with Crippen molar-refractivity contribution in [1.82, 2.24) is 4.90 Å². The highest BCUT2D eigenvalue weighted by atomic mass is 79.9. The summed E-state index contributed by atoms with van der Waals surface area (Å²) in [5.41, 5.74) is 5.50. The number of rotatable bonds is 8. The van der Waals surface area contributed by atoms with Gasteiger partial charge in [-0.2, -0.15) is 0 Å². The van der Waals surface area contributed by atoms with Crippen LogP contribution in [0.25, 0.3) is 0 Å². The second-order valence-corrected chi connectivity index (χ2v) is 11.8. The highest BCUT2D eigenvalue weighted by molar-refractivity contribution is 9.10. The van der Waals surface area contributed by atoms with E-state index in [9.17, 15) is 9.59 Å². The van der Waals surface area contributed by atoms with Gasteiger partial charge in [-0.1, -0.05) is 36.2 Å². The second kappa shape index (κ2) is 12.1. The maximum absolute atomic E-state index is 13.5. The topological polar surface area (TPSA) is 55.8 Å². The summed E-state index contributed by atoms with van der Waals surface area (Å²) < 4.78 is 13.0. The Morgan fingerprint density at radius 1 is 0.897 bits per heavy atom. The third kappa shape index (κ3) is 5.53. The molecule has 1 heterocycles. The van der Waals surface area contributed by atoms with Gasteiger partial charge in [0.05, 0.1) is 21.1 Å². The summed E-state index contributed by atoms with van der Waals surface area (Å²) in [5, 5.41) is 0.955. The van der Waals surface area contributed by atoms with Crippen LogP contribution in [0.5, 0.6) is 11.5 Å². The van der Waals surface area contributed by atoms with E-state index in [-0.39, 0.29) is 18.2 Å². The molecule has 2 aliphatic carbocycles. The van der Waals surface area contributed by atoms with E-state index in [2.05, 4.69) is 27.8 Å². The van der Waals surface area contributed by atoms with Crippen LogP contribution >= 0.6 is 39.1 Å². The summed E-state index contributed by atoms with van der Waals surface area (Å²) in [6.45, 7) is 5.59. The Kier molecular flexibility index (Phi) is 8.75. The summed E-state index contributed by atoms with van der Waals surface area (Å²) in [4.78, 5) is 29.3. The number of carbonyl (C=O) groups is 2. The molecule has 5 rings (SSSR count). The molecule has 0 spiro atoms. The molecule has 5 nitrogen and oxygen atoms in total. The molecule has 0 bridgehead atoms. The zero-order valence-electron chi connectivity index (χ0n) is 22.2. The summed E-state index contributed by atoms with van der Waals surface area (Å²) in [5.74, 6) is 1.00. The quantitative estimate of drug-likeness (QED) is 0.292. The minimum absolute atomic E-state index is 0.140. The van der Waals surface area contributed by atoms with Crippen LogP contribution in [-0.2, 0) is 16.2 Å². The lowest BCUT2D eigenvalue weighted by molar-refractivity contribution is -0.117. The zero-order valence-corrected chi connectivity index (χ0v) is 25.3. The van der Waals surface area contributed by atoms with Crippen LogP contribution in [0, 0.1) is 0 Å². The van der Waals surface area contributed by atoms with Crippen molar-refractivity contribution in [3.63, 3.8) is 0 Å². The lowest BCUT2D eigenvalue weighted by Crippen LogP contribution is -2.39. The van der Waals surface area contributed by atoms with Crippen LogP contribution in [0.3, 0.4) is 0 Å². The minimum Gasteiger partial charge on any atom is -0.490 e. The fourth-order valence-electron chi connectivity index (χ4n) is 5.99. The predicted molar refractivity (Wildman–Crippen MR) is 158 cm³/mol. The van der Waals surface area contributed by atoms with Crippen molar-refractivity contribution in [1.29, 1.82) is 0 Å². The first-order valence-corrected chi connectivity index (χ1v) is 15.2. The normalized spacial score (nSPS) is 17.9. The van der Waals surface area contributed by atoms with Crippen molar-refractivity contribution in [2.75, 3.05) is 13.2 Å². The number of ketones is 2. The Bertz CT molecular complexity index is 1340. The largest absolute Gasteiger partial charge is 0.490 e. The fourth-order valence-corrected chi connectivity index (χ4v) is 6.88. The van der Waals surface area contributed by atoms with Gasteiger partial charge in [0, 0.05) is 47.8 Å². The maximum Gasteiger partial charge on any atom is 0.175 e. The highest BCUT2D eigenvalue weighted by Crippen LogP contribution is 2.51. The number of hydrogen-bond acceptors (Lipinski definition) is 5. The number of Topliss-reactive ketones (excluding diaryl/α,β-unsaturated/α-hetero) is 2. The molecule has 0 atom stereocenters. The van der Waals surface area contributed by atoms with Gasteiger partial charge >= 0.3 is 0 Å². The first kappa shape index (κ1) is 28.3. The van der Waals surface area contributed by atoms with Gasteiger partial charge in [0.1, 0.15) is 6.61 Å². The molecule has 0 radical (unpaired) electrons. The standard InChI is InChI=1S/C31H32BrCl2NO4/c1-3-13-35-23-7-5-9-25(36)29(23)28(30-24(35)8-6-10-26(30)37)19-15-20(32)31(27(16-19)38-4-2)39-17-18-11-12-21(33)22(34)14-18/h11-12,14-16,28H,3-10,13,17H2,1-2H3. The average molecular weight is 633 g/mol. The summed E-state index contributed by atoms with van der Waals surface area (Å²) in [6, 6.07) is 9.31. The second-order valence-electron chi connectivity index (χ2n) is 10.2. The van der Waals surface area contributed by atoms with E-state index in [1.807, 2.05) is 25.1 Å². The minimum atomic E-state index is -0.400. The zero-order chi connectivity index (χ0) is 27.7. The molecule has 39 heavy (non-hydrogen) atoms. The molecule has 0 amide bonds. The van der Waals surface area contributed by atoms with Gasteiger partial charge in [0.25, 0.3) is 0 Å². The molecule has 206 valence electrons. The van der Waals surface area contributed by atoms with Crippen molar-refractivity contribution in [3.05, 3.63) is 78.5 Å². The Labute approximate surface area is 248 Å². The highest BCUT2D eigenvalue weighted by Gasteiger charge is 2.43. The molecular formula is C31H32BrCl2NO4. The number of allylic oxidation sites excluding steroid dienone is 4. The molecule has 3 aliphatic rings. The number of halogens is 3. The summed E-state index contributed by atoms with van der Waals surface area (Å²) in [6.07, 6.45) is 5.37. The van der Waals surface area contributed by atoms with E-state index >= 15 is 0 Å². The lowest BCUT2D eigenvalue weighted by Gasteiger charge is -2.44. The molecule has 0 saturated heterocycles. The molecule has 0 fully saturated rings. The Balaban J connectivity index is 1.60. The van der Waals surface area contributed by atoms with Crippen LogP contribution in [0.1, 0.15) is 75.8 Å². The molecule has 2 aromatic rings. The molecule has 0 aromatic heterocycles. The number of ether oxygens (including phenoxy) is 2. The van der Waals surface area contributed by atoms with E-state index in [1.165, 1.54) is 0 Å². The smallest absolute Gasteiger partial charge is 0.175 e. The number of benzene rings is 2. The SMILES string of the molecule is CCCN1C2=C(C(=O)CCC2)C(c2cc(Br)c(OCc3ccc(Cl)c(Cl)c3)c(OCC)c2)C2=C1CCCC2=O. The van der Waals surface area contributed by atoms with E-state index in [0.29, 0.717) is 45.5 Å². The van der Waals surface area contributed by atoms with Crippen molar-refractivity contribution in [2.24, 2.45) is 0 Å². The lowest BCUT2D eigenvalue weighted by atomic mass is 9.71. The molecular weight excluding hydrogens is 601 g/mol. The third-order valence-electron chi connectivity index (χ3n) is 7.57. The van der Waals surface area contributed by atoms with Gasteiger partial charge in [-0.05, 0) is 90.4 Å². The van der Waals surface area contributed by atoms with Gasteiger partial charge in [-0.3, -0.25) is 9.59 Å². The monoisotopic (exact) mass is 631 g/mol. The van der Waals surface area contributed by atoms with Gasteiger partial charge in [-0.15, -0.1) is 0 Å². The van der Waals surface area contributed by atoms with Crippen LogP contribution < -0.4 is 9.47 Å². The molecule has 0 unspecified atom stereocenters. The maximum atomic E-state index is 13.5. The van der Waals surface area contributed by atoms with Crippen LogP contribution in [0.2, 0.25) is 10.0 Å². The van der Waals surface area contributed by atoms with Crippen LogP contribution in [-0.4, -0.2) is 29.6 Å². The summed E-state index contributed by atoms with van der Waals surface area (Å²) >= 11 is 16.0. The molecule has 0 saturated carbocycles.